The van der Waals surface area contributed by atoms with Gasteiger partial charge in [0.2, 0.25) is 5.91 Å². The quantitative estimate of drug-likeness (QED) is 0.842. The van der Waals surface area contributed by atoms with E-state index in [1.165, 1.54) is 0 Å². The number of carbonyl (C=O) groups excluding carboxylic acids is 1. The number of hydrogen-bond donors (Lipinski definition) is 2. The number of fused-ring (bicyclic) bond motifs is 1. The van der Waals surface area contributed by atoms with Gasteiger partial charge in [-0.1, -0.05) is 25.5 Å². The summed E-state index contributed by atoms with van der Waals surface area (Å²) in [4.78, 5) is 11.6. The van der Waals surface area contributed by atoms with Gasteiger partial charge >= 0.3 is 0 Å². The second-order valence-electron chi connectivity index (χ2n) is 4.91. The van der Waals surface area contributed by atoms with Crippen LogP contribution in [0.4, 0.5) is 5.69 Å². The van der Waals surface area contributed by atoms with E-state index in [0.29, 0.717) is 0 Å². The Hall–Kier alpha value is -1.35. The lowest BCUT2D eigenvalue weighted by atomic mass is 9.93. The molecule has 3 heteroatoms. The molecule has 1 amide bonds. The van der Waals surface area contributed by atoms with Crippen LogP contribution in [0.15, 0.2) is 12.1 Å². The first-order valence-corrected chi connectivity index (χ1v) is 6.25. The number of anilines is 1. The minimum absolute atomic E-state index is 0.0579. The molecule has 0 saturated carbocycles. The van der Waals surface area contributed by atoms with E-state index >= 15 is 0 Å². The highest BCUT2D eigenvalue weighted by molar-refractivity contribution is 6.03. The lowest BCUT2D eigenvalue weighted by Crippen LogP contribution is -2.10. The molecule has 0 fully saturated rings. The van der Waals surface area contributed by atoms with Crippen LogP contribution in [0.2, 0.25) is 0 Å². The first-order chi connectivity index (χ1) is 8.04. The van der Waals surface area contributed by atoms with Crippen molar-refractivity contribution in [2.75, 3.05) is 5.32 Å². The molecule has 2 unspecified atom stereocenters. The molecule has 1 heterocycles. The smallest absolute Gasteiger partial charge is 0.231 e. The third-order valence-electron chi connectivity index (χ3n) is 3.52. The zero-order valence-corrected chi connectivity index (χ0v) is 10.7. The molecule has 1 aliphatic rings. The Morgan fingerprint density at radius 1 is 1.47 bits per heavy atom. The SMILES string of the molecule is CCCC(N)c1cc(C)c2c(c1)C(C)C(=O)N2. The van der Waals surface area contributed by atoms with Crippen LogP contribution >= 0.6 is 0 Å². The van der Waals surface area contributed by atoms with Gasteiger partial charge in [0.05, 0.1) is 5.92 Å². The lowest BCUT2D eigenvalue weighted by molar-refractivity contribution is -0.116. The molecule has 0 aromatic heterocycles. The molecule has 2 rings (SSSR count). The van der Waals surface area contributed by atoms with Crippen molar-refractivity contribution in [2.24, 2.45) is 5.73 Å². The Kier molecular flexibility index (Phi) is 3.20. The van der Waals surface area contributed by atoms with E-state index in [-0.39, 0.29) is 17.9 Å². The Morgan fingerprint density at radius 3 is 2.82 bits per heavy atom. The number of nitrogens with one attached hydrogen (secondary N) is 1. The zero-order valence-electron chi connectivity index (χ0n) is 10.7. The Morgan fingerprint density at radius 2 is 2.18 bits per heavy atom. The lowest BCUT2D eigenvalue weighted by Gasteiger charge is -2.14. The maximum atomic E-state index is 11.6. The number of nitrogens with two attached hydrogens (primary N) is 1. The van der Waals surface area contributed by atoms with Crippen molar-refractivity contribution in [1.29, 1.82) is 0 Å². The Labute approximate surface area is 102 Å². The summed E-state index contributed by atoms with van der Waals surface area (Å²) < 4.78 is 0. The molecule has 3 N–H and O–H groups in total. The summed E-state index contributed by atoms with van der Waals surface area (Å²) in [5.41, 5.74) is 10.5. The third kappa shape index (κ3) is 2.07. The summed E-state index contributed by atoms with van der Waals surface area (Å²) in [6, 6.07) is 4.26. The van der Waals surface area contributed by atoms with E-state index < -0.39 is 0 Å². The van der Waals surface area contributed by atoms with Crippen molar-refractivity contribution in [3.8, 4) is 0 Å². The van der Waals surface area contributed by atoms with Crippen LogP contribution < -0.4 is 11.1 Å². The normalized spacial score (nSPS) is 20.0. The van der Waals surface area contributed by atoms with Crippen LogP contribution in [0.1, 0.15) is 55.3 Å². The number of amides is 1. The maximum Gasteiger partial charge on any atom is 0.231 e. The second kappa shape index (κ2) is 4.49. The fourth-order valence-electron chi connectivity index (χ4n) is 2.42. The summed E-state index contributed by atoms with van der Waals surface area (Å²) in [6.45, 7) is 6.10. The van der Waals surface area contributed by atoms with E-state index in [2.05, 4.69) is 24.4 Å². The maximum absolute atomic E-state index is 11.6. The molecule has 0 radical (unpaired) electrons. The van der Waals surface area contributed by atoms with Crippen LogP contribution in [0.25, 0.3) is 0 Å². The highest BCUT2D eigenvalue weighted by atomic mass is 16.2. The predicted octanol–water partition coefficient (Wildman–Crippen LogP) is 2.85. The molecule has 1 aromatic rings. The first kappa shape index (κ1) is 12.1. The Bertz CT molecular complexity index is 454. The van der Waals surface area contributed by atoms with Crippen LogP contribution in [0.5, 0.6) is 0 Å². The highest BCUT2D eigenvalue weighted by Gasteiger charge is 2.28. The van der Waals surface area contributed by atoms with Gasteiger partial charge in [-0.05, 0) is 37.0 Å². The van der Waals surface area contributed by atoms with Crippen molar-refractivity contribution >= 4 is 11.6 Å². The number of rotatable bonds is 3. The van der Waals surface area contributed by atoms with Crippen LogP contribution in [0.3, 0.4) is 0 Å². The van der Waals surface area contributed by atoms with Crippen molar-refractivity contribution in [2.45, 2.75) is 45.6 Å². The topological polar surface area (TPSA) is 55.1 Å². The Balaban J connectivity index is 2.41. The molecule has 2 atom stereocenters. The number of hydrogen-bond acceptors (Lipinski definition) is 2. The minimum atomic E-state index is -0.0579. The van der Waals surface area contributed by atoms with Crippen molar-refractivity contribution in [1.82, 2.24) is 0 Å². The monoisotopic (exact) mass is 232 g/mol. The van der Waals surface area contributed by atoms with Gasteiger partial charge in [-0.2, -0.15) is 0 Å². The van der Waals surface area contributed by atoms with Crippen molar-refractivity contribution < 1.29 is 4.79 Å². The summed E-state index contributed by atoms with van der Waals surface area (Å²) in [7, 11) is 0. The molecule has 1 aromatic carbocycles. The molecule has 0 saturated heterocycles. The second-order valence-corrected chi connectivity index (χ2v) is 4.91. The van der Waals surface area contributed by atoms with E-state index in [4.69, 9.17) is 5.73 Å². The fourth-order valence-corrected chi connectivity index (χ4v) is 2.42. The zero-order chi connectivity index (χ0) is 12.6. The standard InChI is InChI=1S/C14H20N2O/c1-4-5-12(15)10-6-8(2)13-11(7-10)9(3)14(17)16-13/h6-7,9,12H,4-5,15H2,1-3H3,(H,16,17). The molecule has 1 aliphatic heterocycles. The molecule has 3 nitrogen and oxygen atoms in total. The molecule has 0 spiro atoms. The van der Waals surface area contributed by atoms with Gasteiger partial charge < -0.3 is 11.1 Å². The van der Waals surface area contributed by atoms with Crippen LogP contribution in [-0.2, 0) is 4.79 Å². The van der Waals surface area contributed by atoms with E-state index in [0.717, 1.165) is 35.2 Å². The van der Waals surface area contributed by atoms with Crippen molar-refractivity contribution in [3.05, 3.63) is 28.8 Å². The van der Waals surface area contributed by atoms with Crippen molar-refractivity contribution in [3.63, 3.8) is 0 Å². The number of benzene rings is 1. The van der Waals surface area contributed by atoms with Gasteiger partial charge in [0, 0.05) is 11.7 Å². The third-order valence-corrected chi connectivity index (χ3v) is 3.52. The van der Waals surface area contributed by atoms with Gasteiger partial charge in [0.1, 0.15) is 0 Å². The van der Waals surface area contributed by atoms with Gasteiger partial charge in [0.25, 0.3) is 0 Å². The molecule has 17 heavy (non-hydrogen) atoms. The molecular weight excluding hydrogens is 212 g/mol. The minimum Gasteiger partial charge on any atom is -0.325 e. The molecular formula is C14H20N2O. The predicted molar refractivity (Wildman–Crippen MR) is 70.1 cm³/mol. The summed E-state index contributed by atoms with van der Waals surface area (Å²) in [5, 5.41) is 2.93. The van der Waals surface area contributed by atoms with Crippen LogP contribution in [0, 0.1) is 6.92 Å². The molecule has 0 bridgehead atoms. The van der Waals surface area contributed by atoms with E-state index in [1.54, 1.807) is 0 Å². The average Bonchev–Trinajstić information content (AvgIpc) is 2.57. The van der Waals surface area contributed by atoms with E-state index in [1.807, 2.05) is 13.8 Å². The first-order valence-electron chi connectivity index (χ1n) is 6.25. The van der Waals surface area contributed by atoms with E-state index in [9.17, 15) is 4.79 Å². The average molecular weight is 232 g/mol. The largest absolute Gasteiger partial charge is 0.325 e. The van der Waals surface area contributed by atoms with Crippen LogP contribution in [-0.4, -0.2) is 5.91 Å². The molecule has 0 aliphatic carbocycles. The summed E-state index contributed by atoms with van der Waals surface area (Å²) >= 11 is 0. The summed E-state index contributed by atoms with van der Waals surface area (Å²) in [6.07, 6.45) is 2.05. The number of aryl methyl sites for hydroxylation is 1. The van der Waals surface area contributed by atoms with Gasteiger partial charge in [-0.3, -0.25) is 4.79 Å². The molecule has 92 valence electrons. The van der Waals surface area contributed by atoms with Gasteiger partial charge in [-0.25, -0.2) is 0 Å². The van der Waals surface area contributed by atoms with Gasteiger partial charge in [-0.15, -0.1) is 0 Å². The number of carbonyl (C=O) groups is 1. The summed E-state index contributed by atoms with van der Waals surface area (Å²) in [5.74, 6) is 0.0294. The fraction of sp³-hybridized carbons (Fsp3) is 0.500. The highest BCUT2D eigenvalue weighted by Crippen LogP contribution is 2.37. The van der Waals surface area contributed by atoms with Gasteiger partial charge in [0.15, 0.2) is 0 Å².